The molecule has 4 nitrogen and oxygen atoms in total. The molecule has 2 rings (SSSR count). The van der Waals surface area contributed by atoms with Gasteiger partial charge in [0.2, 0.25) is 0 Å². The van der Waals surface area contributed by atoms with Crippen LogP contribution in [-0.2, 0) is 4.74 Å². The van der Waals surface area contributed by atoms with Crippen LogP contribution in [0, 0.1) is 6.92 Å². The average Bonchev–Trinajstić information content (AvgIpc) is 2.65. The molecule has 2 unspecified atom stereocenters. The Kier molecular flexibility index (Phi) is 2.84. The highest BCUT2D eigenvalue weighted by Crippen LogP contribution is 2.19. The zero-order valence-electron chi connectivity index (χ0n) is 8.73. The zero-order valence-corrected chi connectivity index (χ0v) is 8.73. The number of rotatable bonds is 2. The lowest BCUT2D eigenvalue weighted by atomic mass is 10.0. The van der Waals surface area contributed by atoms with E-state index in [2.05, 4.69) is 10.4 Å². The topological polar surface area (TPSA) is 39.1 Å². The molecule has 14 heavy (non-hydrogen) atoms. The largest absolute Gasteiger partial charge is 0.379 e. The minimum Gasteiger partial charge on any atom is -0.379 e. The molecule has 0 aliphatic carbocycles. The van der Waals surface area contributed by atoms with Crippen molar-refractivity contribution in [2.45, 2.75) is 25.4 Å². The van der Waals surface area contributed by atoms with E-state index in [4.69, 9.17) is 4.74 Å². The third-order valence-corrected chi connectivity index (χ3v) is 2.78. The molecule has 1 saturated heterocycles. The van der Waals surface area contributed by atoms with Crippen LogP contribution in [0.15, 0.2) is 12.3 Å². The van der Waals surface area contributed by atoms with Gasteiger partial charge in [0.15, 0.2) is 0 Å². The summed E-state index contributed by atoms with van der Waals surface area (Å²) < 4.78 is 7.49. The summed E-state index contributed by atoms with van der Waals surface area (Å²) in [6.45, 7) is 3.61. The number of nitrogens with zero attached hydrogens (tertiary/aromatic N) is 2. The smallest absolute Gasteiger partial charge is 0.0905 e. The van der Waals surface area contributed by atoms with Crippen molar-refractivity contribution in [2.75, 3.05) is 20.3 Å². The number of likely N-dealkylation sites (N-methyl/N-ethyl adjacent to an activating group) is 1. The Bertz CT molecular complexity index is 297. The minimum absolute atomic E-state index is 0.336. The SMILES string of the molecule is CNC1CCOCC1n1ccc(C)n1. The Morgan fingerprint density at radius 1 is 1.64 bits per heavy atom. The van der Waals surface area contributed by atoms with Gasteiger partial charge in [0.1, 0.15) is 0 Å². The molecule has 2 heterocycles. The van der Waals surface area contributed by atoms with Crippen molar-refractivity contribution in [3.63, 3.8) is 0 Å². The monoisotopic (exact) mass is 195 g/mol. The van der Waals surface area contributed by atoms with Crippen LogP contribution in [0.1, 0.15) is 18.2 Å². The van der Waals surface area contributed by atoms with E-state index in [9.17, 15) is 0 Å². The van der Waals surface area contributed by atoms with Crippen molar-refractivity contribution >= 4 is 0 Å². The second kappa shape index (κ2) is 4.11. The normalized spacial score (nSPS) is 27.9. The summed E-state index contributed by atoms with van der Waals surface area (Å²) in [5.74, 6) is 0. The van der Waals surface area contributed by atoms with Crippen LogP contribution >= 0.6 is 0 Å². The number of aryl methyl sites for hydroxylation is 1. The van der Waals surface area contributed by atoms with Crippen LogP contribution in [0.5, 0.6) is 0 Å². The van der Waals surface area contributed by atoms with E-state index in [1.807, 2.05) is 30.9 Å². The van der Waals surface area contributed by atoms with Crippen LogP contribution in [0.4, 0.5) is 0 Å². The highest BCUT2D eigenvalue weighted by molar-refractivity contribution is 4.98. The molecule has 0 radical (unpaired) electrons. The van der Waals surface area contributed by atoms with E-state index in [1.54, 1.807) is 0 Å². The van der Waals surface area contributed by atoms with Gasteiger partial charge in [0.05, 0.1) is 18.3 Å². The van der Waals surface area contributed by atoms with Crippen LogP contribution < -0.4 is 5.32 Å². The maximum absolute atomic E-state index is 5.48. The van der Waals surface area contributed by atoms with Gasteiger partial charge >= 0.3 is 0 Å². The quantitative estimate of drug-likeness (QED) is 0.756. The lowest BCUT2D eigenvalue weighted by Gasteiger charge is -2.31. The van der Waals surface area contributed by atoms with Crippen LogP contribution in [0.3, 0.4) is 0 Å². The minimum atomic E-state index is 0.336. The Labute approximate surface area is 84.3 Å². The molecule has 2 atom stereocenters. The molecule has 0 bridgehead atoms. The van der Waals surface area contributed by atoms with Gasteiger partial charge in [0.25, 0.3) is 0 Å². The van der Waals surface area contributed by atoms with E-state index in [0.717, 1.165) is 25.3 Å². The van der Waals surface area contributed by atoms with E-state index in [-0.39, 0.29) is 0 Å². The second-order valence-electron chi connectivity index (χ2n) is 3.76. The summed E-state index contributed by atoms with van der Waals surface area (Å²) in [4.78, 5) is 0. The van der Waals surface area contributed by atoms with Gasteiger partial charge in [-0.05, 0) is 26.5 Å². The fourth-order valence-corrected chi connectivity index (χ4v) is 1.94. The summed E-state index contributed by atoms with van der Waals surface area (Å²) in [5.41, 5.74) is 1.06. The average molecular weight is 195 g/mol. The van der Waals surface area contributed by atoms with E-state index in [1.165, 1.54) is 0 Å². The first-order chi connectivity index (χ1) is 6.81. The van der Waals surface area contributed by atoms with Crippen molar-refractivity contribution in [3.05, 3.63) is 18.0 Å². The van der Waals surface area contributed by atoms with E-state index < -0.39 is 0 Å². The molecule has 0 amide bonds. The summed E-state index contributed by atoms with van der Waals surface area (Å²) in [7, 11) is 2.00. The van der Waals surface area contributed by atoms with E-state index >= 15 is 0 Å². The fraction of sp³-hybridized carbons (Fsp3) is 0.700. The molecule has 0 saturated carbocycles. The number of hydrogen-bond donors (Lipinski definition) is 1. The summed E-state index contributed by atoms with van der Waals surface area (Å²) >= 11 is 0. The molecule has 1 N–H and O–H groups in total. The van der Waals surface area contributed by atoms with Crippen molar-refractivity contribution < 1.29 is 4.74 Å². The van der Waals surface area contributed by atoms with Crippen molar-refractivity contribution in [3.8, 4) is 0 Å². The van der Waals surface area contributed by atoms with Crippen LogP contribution in [0.25, 0.3) is 0 Å². The summed E-state index contributed by atoms with van der Waals surface area (Å²) in [6.07, 6.45) is 3.08. The number of hydrogen-bond acceptors (Lipinski definition) is 3. The fourth-order valence-electron chi connectivity index (χ4n) is 1.94. The first-order valence-electron chi connectivity index (χ1n) is 5.08. The molecule has 1 aromatic heterocycles. The van der Waals surface area contributed by atoms with Gasteiger partial charge in [0, 0.05) is 18.8 Å². The Morgan fingerprint density at radius 3 is 3.14 bits per heavy atom. The highest BCUT2D eigenvalue weighted by Gasteiger charge is 2.26. The van der Waals surface area contributed by atoms with Gasteiger partial charge in [-0.15, -0.1) is 0 Å². The van der Waals surface area contributed by atoms with Crippen LogP contribution in [0.2, 0.25) is 0 Å². The highest BCUT2D eigenvalue weighted by atomic mass is 16.5. The Morgan fingerprint density at radius 2 is 2.50 bits per heavy atom. The predicted molar refractivity (Wildman–Crippen MR) is 54.3 cm³/mol. The summed E-state index contributed by atoms with van der Waals surface area (Å²) in [5, 5.41) is 7.75. The summed E-state index contributed by atoms with van der Waals surface area (Å²) in [6, 6.07) is 2.84. The van der Waals surface area contributed by atoms with Gasteiger partial charge < -0.3 is 10.1 Å². The molecule has 4 heteroatoms. The standard InChI is InChI=1S/C10H17N3O/c1-8-3-5-13(12-8)10-7-14-6-4-9(10)11-2/h3,5,9-11H,4,6-7H2,1-2H3. The van der Waals surface area contributed by atoms with Gasteiger partial charge in [-0.3, -0.25) is 4.68 Å². The Hall–Kier alpha value is -0.870. The van der Waals surface area contributed by atoms with Gasteiger partial charge in [-0.1, -0.05) is 0 Å². The van der Waals surface area contributed by atoms with E-state index in [0.29, 0.717) is 12.1 Å². The number of nitrogens with one attached hydrogen (secondary N) is 1. The second-order valence-corrected chi connectivity index (χ2v) is 3.76. The predicted octanol–water partition coefficient (Wildman–Crippen LogP) is 0.741. The maximum atomic E-state index is 5.48. The molecular formula is C10H17N3O. The van der Waals surface area contributed by atoms with Gasteiger partial charge in [-0.25, -0.2) is 0 Å². The lowest BCUT2D eigenvalue weighted by molar-refractivity contribution is 0.0345. The third-order valence-electron chi connectivity index (χ3n) is 2.78. The molecule has 0 aromatic carbocycles. The van der Waals surface area contributed by atoms with Crippen molar-refractivity contribution in [1.29, 1.82) is 0 Å². The van der Waals surface area contributed by atoms with Crippen molar-refractivity contribution in [2.24, 2.45) is 0 Å². The third kappa shape index (κ3) is 1.81. The lowest BCUT2D eigenvalue weighted by Crippen LogP contribution is -2.42. The van der Waals surface area contributed by atoms with Crippen molar-refractivity contribution in [1.82, 2.24) is 15.1 Å². The molecule has 1 aliphatic rings. The molecule has 78 valence electrons. The maximum Gasteiger partial charge on any atom is 0.0905 e. The molecule has 1 fully saturated rings. The molecule has 1 aliphatic heterocycles. The van der Waals surface area contributed by atoms with Gasteiger partial charge in [-0.2, -0.15) is 5.10 Å². The molecule has 0 spiro atoms. The first-order valence-corrected chi connectivity index (χ1v) is 5.08. The number of aromatic nitrogens is 2. The number of ether oxygens (including phenoxy) is 1. The van der Waals surface area contributed by atoms with Crippen LogP contribution in [-0.4, -0.2) is 36.1 Å². The molecule has 1 aromatic rings. The molecular weight excluding hydrogens is 178 g/mol. The Balaban J connectivity index is 2.14. The first kappa shape index (κ1) is 9.68. The zero-order chi connectivity index (χ0) is 9.97.